The Labute approximate surface area is 64.9 Å². The van der Waals surface area contributed by atoms with Crippen molar-refractivity contribution >= 4 is 15.7 Å². The van der Waals surface area contributed by atoms with E-state index in [1.54, 1.807) is 13.1 Å². The molecule has 0 aliphatic rings. The highest BCUT2D eigenvalue weighted by Gasteiger charge is 2.23. The lowest BCUT2D eigenvalue weighted by Crippen LogP contribution is -2.74. The van der Waals surface area contributed by atoms with E-state index in [1.165, 1.54) is 0 Å². The Hall–Kier alpha value is 0.354. The van der Waals surface area contributed by atoms with Gasteiger partial charge in [0.15, 0.2) is 0 Å². The fraction of sp³-hybridized carbons (Fsp3) is 1.00. The molecule has 0 aromatic rings. The first-order chi connectivity index (χ1) is 4.37. The monoisotopic (exact) mass is 176 g/mol. The van der Waals surface area contributed by atoms with Gasteiger partial charge < -0.3 is 9.59 Å². The van der Waals surface area contributed by atoms with E-state index < -0.39 is 15.7 Å². The topological polar surface area (TPSA) is 46.1 Å². The molecular weight excluding hydrogens is 160 g/mol. The third-order valence-corrected chi connectivity index (χ3v) is 16.2. The lowest BCUT2D eigenvalue weighted by Gasteiger charge is -2.55. The molecule has 10 heavy (non-hydrogen) atoms. The van der Waals surface area contributed by atoms with E-state index in [2.05, 4.69) is 0 Å². The van der Waals surface area contributed by atoms with Gasteiger partial charge in [-0.1, -0.05) is 54.7 Å². The van der Waals surface area contributed by atoms with Gasteiger partial charge in [0.25, 0.3) is 0 Å². The molecule has 0 amide bonds. The summed E-state index contributed by atoms with van der Waals surface area (Å²) in [5.74, 6) is 0. The molecule has 0 aliphatic heterocycles. The minimum Gasteiger partial charge on any atom is -0.861 e. The first-order valence-corrected chi connectivity index (χ1v) is 10.0. The molecule has 0 aliphatic carbocycles. The average molecular weight is 176 g/mol. The van der Waals surface area contributed by atoms with E-state index >= 15 is 0 Å². The third kappa shape index (κ3) is 1.92. The van der Waals surface area contributed by atoms with Crippen LogP contribution in [0.5, 0.6) is 0 Å². The molecule has 0 heterocycles. The second-order valence-electron chi connectivity index (χ2n) is 3.17. The lowest BCUT2D eigenvalue weighted by molar-refractivity contribution is -0.235. The Morgan fingerprint density at radius 3 is 1.20 bits per heavy atom. The van der Waals surface area contributed by atoms with Gasteiger partial charge >= 0.3 is 0 Å². The van der Waals surface area contributed by atoms with Crippen LogP contribution in [0.3, 0.4) is 0 Å². The Bertz CT molecular complexity index is 98.3. The third-order valence-electron chi connectivity index (χ3n) is 2.47. The number of hydrogen-bond donors (Lipinski definition) is 0. The van der Waals surface area contributed by atoms with Crippen LogP contribution in [0.1, 0.15) is 13.8 Å². The van der Waals surface area contributed by atoms with Gasteiger partial charge in [-0.3, -0.25) is 0 Å². The van der Waals surface area contributed by atoms with Gasteiger partial charge in [0, 0.05) is 0 Å². The summed E-state index contributed by atoms with van der Waals surface area (Å²) in [6, 6.07) is 1.21. The fourth-order valence-corrected chi connectivity index (χ4v) is 6.73. The van der Waals surface area contributed by atoms with E-state index in [9.17, 15) is 9.59 Å². The van der Waals surface area contributed by atoms with Gasteiger partial charge in [-0.05, 0) is 0 Å². The van der Waals surface area contributed by atoms with Crippen LogP contribution in [0, 0.1) is 0 Å². The minimum atomic E-state index is -2.57. The fourth-order valence-electron chi connectivity index (χ4n) is 0.748. The molecule has 0 saturated heterocycles. The van der Waals surface area contributed by atoms with Crippen molar-refractivity contribution in [1.29, 1.82) is 0 Å². The molecule has 4 heteroatoms. The highest BCUT2D eigenvalue weighted by molar-refractivity contribution is 7.33. The van der Waals surface area contributed by atoms with Crippen molar-refractivity contribution in [2.45, 2.75) is 39.0 Å². The van der Waals surface area contributed by atoms with Crippen LogP contribution in [0.2, 0.25) is 25.2 Å². The van der Waals surface area contributed by atoms with E-state index in [0.717, 1.165) is 0 Å². The smallest absolute Gasteiger partial charge is 0.0693 e. The Balaban J connectivity index is 4.28. The zero-order valence-corrected chi connectivity index (χ0v) is 9.23. The molecular formula is C6H16O2Si2-2. The summed E-state index contributed by atoms with van der Waals surface area (Å²) in [6.45, 7) is 7.10. The van der Waals surface area contributed by atoms with Crippen LogP contribution in [-0.4, -0.2) is 15.7 Å². The Kier molecular flexibility index (Phi) is 3.28. The molecule has 2 unspecified atom stereocenters. The Morgan fingerprint density at radius 2 is 1.10 bits per heavy atom. The van der Waals surface area contributed by atoms with Gasteiger partial charge in [-0.25, -0.2) is 0 Å². The molecule has 62 valence electrons. The standard InChI is InChI=1S/C6H16O2Si2/c1-5-9(3,7)10(4,8)6-2/h5-6H2,1-4H3/q-2. The zero-order valence-electron chi connectivity index (χ0n) is 7.23. The largest absolute Gasteiger partial charge is 0.861 e. The van der Waals surface area contributed by atoms with Crippen molar-refractivity contribution in [3.63, 3.8) is 0 Å². The molecule has 0 N–H and O–H groups in total. The van der Waals surface area contributed by atoms with Crippen LogP contribution in [0.25, 0.3) is 0 Å². The molecule has 0 rings (SSSR count). The van der Waals surface area contributed by atoms with Crippen LogP contribution in [0.4, 0.5) is 0 Å². The zero-order chi connectivity index (χ0) is 8.41. The molecule has 0 spiro atoms. The van der Waals surface area contributed by atoms with Crippen molar-refractivity contribution in [2.75, 3.05) is 0 Å². The summed E-state index contributed by atoms with van der Waals surface area (Å²) in [5.41, 5.74) is 0. The Morgan fingerprint density at radius 1 is 0.900 bits per heavy atom. The number of hydrogen-bond acceptors (Lipinski definition) is 2. The predicted molar refractivity (Wildman–Crippen MR) is 44.2 cm³/mol. The molecule has 2 nitrogen and oxygen atoms in total. The maximum absolute atomic E-state index is 11.6. The van der Waals surface area contributed by atoms with Crippen molar-refractivity contribution in [3.05, 3.63) is 0 Å². The van der Waals surface area contributed by atoms with Crippen molar-refractivity contribution in [2.24, 2.45) is 0 Å². The molecule has 2 atom stereocenters. The van der Waals surface area contributed by atoms with E-state index in [1.807, 2.05) is 13.8 Å². The van der Waals surface area contributed by atoms with E-state index in [4.69, 9.17) is 0 Å². The molecule has 0 aromatic carbocycles. The van der Waals surface area contributed by atoms with Gasteiger partial charge in [0.1, 0.15) is 0 Å². The second kappa shape index (κ2) is 3.17. The highest BCUT2D eigenvalue weighted by Crippen LogP contribution is 2.15. The van der Waals surface area contributed by atoms with Gasteiger partial charge in [0.05, 0.1) is 0 Å². The summed E-state index contributed by atoms with van der Waals surface area (Å²) in [5, 5.41) is 0. The first kappa shape index (κ1) is 10.4. The summed E-state index contributed by atoms with van der Waals surface area (Å²) >= 11 is 0. The molecule has 0 fully saturated rings. The summed E-state index contributed by atoms with van der Waals surface area (Å²) < 4.78 is 0. The summed E-state index contributed by atoms with van der Waals surface area (Å²) in [4.78, 5) is 23.2. The van der Waals surface area contributed by atoms with Crippen LogP contribution >= 0.6 is 0 Å². The average Bonchev–Trinajstić information content (AvgIpc) is 1.88. The summed E-state index contributed by atoms with van der Waals surface area (Å²) in [6.07, 6.45) is 0. The van der Waals surface area contributed by atoms with E-state index in [0.29, 0.717) is 12.1 Å². The molecule has 0 saturated carbocycles. The van der Waals surface area contributed by atoms with Gasteiger partial charge in [-0.2, -0.15) is 0 Å². The van der Waals surface area contributed by atoms with Crippen LogP contribution in [-0.2, 0) is 0 Å². The van der Waals surface area contributed by atoms with E-state index in [-0.39, 0.29) is 0 Å². The maximum Gasteiger partial charge on any atom is -0.0693 e. The quantitative estimate of drug-likeness (QED) is 0.567. The van der Waals surface area contributed by atoms with Crippen molar-refractivity contribution < 1.29 is 9.59 Å². The molecule has 0 radical (unpaired) electrons. The maximum atomic E-state index is 11.6. The highest BCUT2D eigenvalue weighted by atomic mass is 29.3. The van der Waals surface area contributed by atoms with Crippen molar-refractivity contribution in [3.8, 4) is 0 Å². The molecule has 0 aromatic heterocycles. The minimum absolute atomic E-state index is 0.604. The van der Waals surface area contributed by atoms with Crippen LogP contribution in [0.15, 0.2) is 0 Å². The lowest BCUT2D eigenvalue weighted by atomic mass is 11.0. The normalized spacial score (nSPS) is 23.4. The second-order valence-corrected chi connectivity index (χ2v) is 15.9. The molecule has 0 bridgehead atoms. The number of rotatable bonds is 3. The summed E-state index contributed by atoms with van der Waals surface area (Å²) in [7, 11) is -5.14. The SMILES string of the molecule is CC[Si](C)([O-])[Si](C)([O-])CC. The van der Waals surface area contributed by atoms with Gasteiger partial charge in [-0.15, -0.1) is 0 Å². The van der Waals surface area contributed by atoms with Crippen LogP contribution < -0.4 is 9.59 Å². The van der Waals surface area contributed by atoms with Gasteiger partial charge in [0.2, 0.25) is 0 Å². The van der Waals surface area contributed by atoms with Crippen molar-refractivity contribution in [1.82, 2.24) is 0 Å². The first-order valence-electron chi connectivity index (χ1n) is 3.78. The predicted octanol–water partition coefficient (Wildman–Crippen LogP) is -0.0242.